The van der Waals surface area contributed by atoms with Gasteiger partial charge in [0, 0.05) is 34.1 Å². The molecule has 3 atom stereocenters. The molecule has 0 unspecified atom stereocenters. The predicted octanol–water partition coefficient (Wildman–Crippen LogP) is 3.78. The third-order valence-corrected chi connectivity index (χ3v) is 6.58. The highest BCUT2D eigenvalue weighted by Crippen LogP contribution is 2.52. The third kappa shape index (κ3) is 2.48. The molecule has 5 nitrogen and oxygen atoms in total. The van der Waals surface area contributed by atoms with Crippen LogP contribution in [0.2, 0.25) is 0 Å². The number of likely N-dealkylation sites (tertiary alicyclic amines) is 1. The molecule has 0 aromatic carbocycles. The maximum absolute atomic E-state index is 13.0. The molecule has 3 aliphatic rings. The van der Waals surface area contributed by atoms with Gasteiger partial charge in [-0.1, -0.05) is 5.16 Å². The van der Waals surface area contributed by atoms with Crippen LogP contribution in [0.15, 0.2) is 16.7 Å². The first-order valence-corrected chi connectivity index (χ1v) is 9.72. The Labute approximate surface area is 145 Å². The van der Waals surface area contributed by atoms with Gasteiger partial charge in [0.05, 0.1) is 6.04 Å². The smallest absolute Gasteiger partial charge is 0.229 e. The summed E-state index contributed by atoms with van der Waals surface area (Å²) in [6.45, 7) is 2.95. The lowest BCUT2D eigenvalue weighted by molar-refractivity contribution is -0.133. The molecule has 1 aliphatic heterocycles. The Morgan fingerprint density at radius 1 is 1.33 bits per heavy atom. The van der Waals surface area contributed by atoms with Crippen molar-refractivity contribution in [2.75, 3.05) is 6.54 Å². The SMILES string of the molecule is Cc1ccc([C@@H]2C[C@@H]2C(=O)N2CCC[C@H]2c2noc(C3CC3)n2)s1. The second-order valence-electron chi connectivity index (χ2n) is 7.35. The standard InChI is InChI=1S/C18H21N3O2S/c1-10-4-7-15(24-10)12-9-13(12)18(22)21-8-2-3-14(21)16-19-17(23-20-16)11-5-6-11/h4,7,11-14H,2-3,5-6,8-9H2,1H3/t12-,13+,14+/m1/s1. The Balaban J connectivity index is 1.31. The van der Waals surface area contributed by atoms with Gasteiger partial charge in [-0.25, -0.2) is 0 Å². The quantitative estimate of drug-likeness (QED) is 0.847. The first-order chi connectivity index (χ1) is 11.7. The van der Waals surface area contributed by atoms with Gasteiger partial charge < -0.3 is 9.42 Å². The molecule has 3 fully saturated rings. The Hall–Kier alpha value is -1.69. The fraction of sp³-hybridized carbons (Fsp3) is 0.611. The summed E-state index contributed by atoms with van der Waals surface area (Å²) < 4.78 is 5.40. The number of carbonyl (C=O) groups is 1. The van der Waals surface area contributed by atoms with E-state index in [9.17, 15) is 4.79 Å². The maximum atomic E-state index is 13.0. The van der Waals surface area contributed by atoms with Crippen molar-refractivity contribution in [2.24, 2.45) is 5.92 Å². The fourth-order valence-electron chi connectivity index (χ4n) is 3.83. The molecule has 1 saturated heterocycles. The van der Waals surface area contributed by atoms with Gasteiger partial charge in [-0.05, 0) is 51.2 Å². The zero-order valence-corrected chi connectivity index (χ0v) is 14.6. The minimum absolute atomic E-state index is 0.0140. The van der Waals surface area contributed by atoms with Gasteiger partial charge >= 0.3 is 0 Å². The van der Waals surface area contributed by atoms with E-state index < -0.39 is 0 Å². The second-order valence-corrected chi connectivity index (χ2v) is 8.67. The van der Waals surface area contributed by atoms with Crippen molar-refractivity contribution in [3.63, 3.8) is 0 Å². The Morgan fingerprint density at radius 3 is 2.96 bits per heavy atom. The molecule has 126 valence electrons. The number of rotatable bonds is 4. The lowest BCUT2D eigenvalue weighted by Gasteiger charge is -2.22. The van der Waals surface area contributed by atoms with E-state index in [1.807, 2.05) is 16.2 Å². The molecule has 2 aromatic rings. The largest absolute Gasteiger partial charge is 0.339 e. The molecular weight excluding hydrogens is 322 g/mol. The third-order valence-electron chi connectivity index (χ3n) is 5.45. The molecule has 0 N–H and O–H groups in total. The van der Waals surface area contributed by atoms with E-state index in [1.54, 1.807) is 0 Å². The van der Waals surface area contributed by atoms with Crippen molar-refractivity contribution in [2.45, 2.75) is 56.9 Å². The average molecular weight is 343 g/mol. The lowest BCUT2D eigenvalue weighted by Crippen LogP contribution is -2.32. The molecule has 2 saturated carbocycles. The summed E-state index contributed by atoms with van der Waals surface area (Å²) in [7, 11) is 0. The average Bonchev–Trinajstić information content (AvgIpc) is 3.42. The molecule has 0 radical (unpaired) electrons. The van der Waals surface area contributed by atoms with Crippen molar-refractivity contribution in [1.29, 1.82) is 0 Å². The number of amides is 1. The molecule has 1 amide bonds. The number of aromatic nitrogens is 2. The number of nitrogens with zero attached hydrogens (tertiary/aromatic N) is 3. The topological polar surface area (TPSA) is 59.2 Å². The van der Waals surface area contributed by atoms with Crippen LogP contribution in [0.1, 0.15) is 71.5 Å². The summed E-state index contributed by atoms with van der Waals surface area (Å²) >= 11 is 1.82. The summed E-state index contributed by atoms with van der Waals surface area (Å²) in [6, 6.07) is 4.35. The Bertz CT molecular complexity index is 779. The van der Waals surface area contributed by atoms with Crippen molar-refractivity contribution >= 4 is 17.2 Å². The predicted molar refractivity (Wildman–Crippen MR) is 89.9 cm³/mol. The zero-order valence-electron chi connectivity index (χ0n) is 13.8. The molecule has 6 heteroatoms. The summed E-state index contributed by atoms with van der Waals surface area (Å²) in [5, 5.41) is 4.17. The molecule has 0 spiro atoms. The highest BCUT2D eigenvalue weighted by molar-refractivity contribution is 7.12. The molecular formula is C18H21N3O2S. The van der Waals surface area contributed by atoms with E-state index >= 15 is 0 Å². The monoisotopic (exact) mass is 343 g/mol. The van der Waals surface area contributed by atoms with Crippen LogP contribution in [0.4, 0.5) is 0 Å². The maximum Gasteiger partial charge on any atom is 0.229 e. The van der Waals surface area contributed by atoms with Crippen LogP contribution in [0.25, 0.3) is 0 Å². The molecule has 5 rings (SSSR count). The Kier molecular flexibility index (Phi) is 3.30. The van der Waals surface area contributed by atoms with Gasteiger partial charge in [-0.3, -0.25) is 4.79 Å². The van der Waals surface area contributed by atoms with Gasteiger partial charge in [0.25, 0.3) is 0 Å². The van der Waals surface area contributed by atoms with Crippen LogP contribution in [-0.4, -0.2) is 27.5 Å². The molecule has 3 heterocycles. The van der Waals surface area contributed by atoms with Crippen LogP contribution in [-0.2, 0) is 4.79 Å². The van der Waals surface area contributed by atoms with Crippen LogP contribution in [0, 0.1) is 12.8 Å². The van der Waals surface area contributed by atoms with Crippen LogP contribution >= 0.6 is 11.3 Å². The lowest BCUT2D eigenvalue weighted by atomic mass is 10.2. The van der Waals surface area contributed by atoms with E-state index in [1.165, 1.54) is 9.75 Å². The fourth-order valence-corrected chi connectivity index (χ4v) is 4.88. The van der Waals surface area contributed by atoms with Gasteiger partial charge in [0.15, 0.2) is 5.82 Å². The summed E-state index contributed by atoms with van der Waals surface area (Å²) in [5.74, 6) is 2.80. The van der Waals surface area contributed by atoms with Crippen LogP contribution < -0.4 is 0 Å². The zero-order chi connectivity index (χ0) is 16.3. The molecule has 2 aliphatic carbocycles. The van der Waals surface area contributed by atoms with E-state index in [-0.39, 0.29) is 17.9 Å². The first-order valence-electron chi connectivity index (χ1n) is 8.91. The van der Waals surface area contributed by atoms with E-state index in [0.717, 1.165) is 44.5 Å². The van der Waals surface area contributed by atoms with Crippen LogP contribution in [0.5, 0.6) is 0 Å². The van der Waals surface area contributed by atoms with Gasteiger partial charge in [0.2, 0.25) is 11.8 Å². The molecule has 2 aromatic heterocycles. The van der Waals surface area contributed by atoms with Crippen molar-refractivity contribution in [3.8, 4) is 0 Å². The normalized spacial score (nSPS) is 29.2. The summed E-state index contributed by atoms with van der Waals surface area (Å²) in [4.78, 5) is 22.2. The second kappa shape index (κ2) is 5.41. The number of hydrogen-bond donors (Lipinski definition) is 0. The highest BCUT2D eigenvalue weighted by Gasteiger charge is 2.49. The summed E-state index contributed by atoms with van der Waals surface area (Å²) in [6.07, 6.45) is 5.27. The number of aryl methyl sites for hydroxylation is 1. The van der Waals surface area contributed by atoms with E-state index in [4.69, 9.17) is 4.52 Å². The Morgan fingerprint density at radius 2 is 2.21 bits per heavy atom. The van der Waals surface area contributed by atoms with Crippen LogP contribution in [0.3, 0.4) is 0 Å². The van der Waals surface area contributed by atoms with Crippen molar-refractivity contribution in [3.05, 3.63) is 33.6 Å². The highest BCUT2D eigenvalue weighted by atomic mass is 32.1. The van der Waals surface area contributed by atoms with Gasteiger partial charge in [-0.15, -0.1) is 11.3 Å². The number of hydrogen-bond acceptors (Lipinski definition) is 5. The van der Waals surface area contributed by atoms with Crippen molar-refractivity contribution in [1.82, 2.24) is 15.0 Å². The van der Waals surface area contributed by atoms with Gasteiger partial charge in [0.1, 0.15) is 0 Å². The minimum atomic E-state index is 0.0140. The van der Waals surface area contributed by atoms with E-state index in [2.05, 4.69) is 29.2 Å². The number of carbonyl (C=O) groups excluding carboxylic acids is 1. The minimum Gasteiger partial charge on any atom is -0.339 e. The molecule has 24 heavy (non-hydrogen) atoms. The van der Waals surface area contributed by atoms with E-state index in [0.29, 0.717) is 17.7 Å². The summed E-state index contributed by atoms with van der Waals surface area (Å²) in [5.41, 5.74) is 0. The van der Waals surface area contributed by atoms with Crippen molar-refractivity contribution < 1.29 is 9.32 Å². The number of thiophene rings is 1. The molecule has 0 bridgehead atoms. The van der Waals surface area contributed by atoms with Gasteiger partial charge in [-0.2, -0.15) is 4.98 Å². The first kappa shape index (κ1) is 14.6.